The Labute approximate surface area is 292 Å². The van der Waals surface area contributed by atoms with Crippen LogP contribution in [0.4, 0.5) is 13.6 Å². The van der Waals surface area contributed by atoms with Gasteiger partial charge in [0.15, 0.2) is 11.5 Å². The highest BCUT2D eigenvalue weighted by Gasteiger charge is 2.56. The van der Waals surface area contributed by atoms with E-state index in [-0.39, 0.29) is 48.1 Å². The van der Waals surface area contributed by atoms with Crippen molar-refractivity contribution in [1.82, 2.24) is 20.2 Å². The van der Waals surface area contributed by atoms with Gasteiger partial charge in [-0.05, 0) is 87.2 Å². The first-order valence-corrected chi connectivity index (χ1v) is 18.6. The Morgan fingerprint density at radius 3 is 2.48 bits per heavy atom. The molecule has 7 rings (SSSR count). The van der Waals surface area contributed by atoms with E-state index in [9.17, 15) is 14.4 Å². The van der Waals surface area contributed by atoms with Crippen molar-refractivity contribution in [3.63, 3.8) is 0 Å². The molecule has 2 aliphatic heterocycles. The lowest BCUT2D eigenvalue weighted by Crippen LogP contribution is -2.59. The number of rotatable bonds is 4. The first-order chi connectivity index (χ1) is 23.9. The third-order valence-corrected chi connectivity index (χ3v) is 12.5. The number of halogens is 2. The quantitative estimate of drug-likeness (QED) is 0.364. The van der Waals surface area contributed by atoms with E-state index in [0.29, 0.717) is 42.4 Å². The minimum atomic E-state index is -3.36. The van der Waals surface area contributed by atoms with Crippen LogP contribution < -0.4 is 14.8 Å². The van der Waals surface area contributed by atoms with Crippen LogP contribution in [0.25, 0.3) is 11.0 Å². The number of hydrogen-bond acceptors (Lipinski definition) is 8. The van der Waals surface area contributed by atoms with Gasteiger partial charge in [-0.25, -0.2) is 14.8 Å². The summed E-state index contributed by atoms with van der Waals surface area (Å²) >= 11 is 0. The van der Waals surface area contributed by atoms with E-state index in [1.165, 1.54) is 18.9 Å². The van der Waals surface area contributed by atoms with Gasteiger partial charge in [0.1, 0.15) is 24.0 Å². The number of benzene rings is 1. The van der Waals surface area contributed by atoms with Gasteiger partial charge in [0.2, 0.25) is 11.8 Å². The van der Waals surface area contributed by atoms with Crippen molar-refractivity contribution in [1.29, 1.82) is 0 Å². The maximum absolute atomic E-state index is 16.3. The molecule has 1 N–H and O–H groups in total. The molecule has 10 nitrogen and oxygen atoms in total. The number of alkyl carbamates (subject to hydrolysis) is 1. The molecule has 2 bridgehead atoms. The molecule has 4 fully saturated rings. The standard InChI is InChI=1S/C38H50F2N4O6/c1-5-24-30-20-44(31(24)21(2)45)35(46)33(37(3)14-8-6-9-15-37)43-36(47)50-29-18-22-17-26(22)25(29)11-7-10-16-38(39,40)32-34(49-30)42-28-19-23(48-4)12-13-27(28)41-32/h12-13,19,22,24-26,29-31,33H,5-11,14-18,20H2,1-4H3,(H,43,47)/t22?,24-,25-,26?,29-,30+,31-,33-/m1/s1. The molecular formula is C38H50F2N4O6. The number of nitrogens with one attached hydrogen (secondary N) is 1. The molecule has 272 valence electrons. The van der Waals surface area contributed by atoms with Gasteiger partial charge in [-0.3, -0.25) is 9.59 Å². The van der Waals surface area contributed by atoms with Crippen molar-refractivity contribution in [2.45, 2.75) is 128 Å². The second-order valence-corrected chi connectivity index (χ2v) is 15.8. The summed E-state index contributed by atoms with van der Waals surface area (Å²) in [5.74, 6) is -3.25. The molecule has 8 atom stereocenters. The molecule has 5 aliphatic rings. The van der Waals surface area contributed by atoms with Crippen molar-refractivity contribution < 1.29 is 37.4 Å². The fraction of sp³-hybridized carbons (Fsp3) is 0.711. The molecule has 2 unspecified atom stereocenters. The highest BCUT2D eigenvalue weighted by atomic mass is 19.3. The molecule has 3 saturated carbocycles. The Morgan fingerprint density at radius 2 is 1.76 bits per heavy atom. The van der Waals surface area contributed by atoms with Crippen LogP contribution in [-0.2, 0) is 20.2 Å². The molecular weight excluding hydrogens is 646 g/mol. The van der Waals surface area contributed by atoms with Crippen LogP contribution in [0.3, 0.4) is 0 Å². The lowest BCUT2D eigenvalue weighted by molar-refractivity contribution is -0.142. The smallest absolute Gasteiger partial charge is 0.408 e. The van der Waals surface area contributed by atoms with Crippen molar-refractivity contribution >= 4 is 28.8 Å². The van der Waals surface area contributed by atoms with Gasteiger partial charge >= 0.3 is 6.09 Å². The normalized spacial score (nSPS) is 33.8. The molecule has 0 spiro atoms. The van der Waals surface area contributed by atoms with Crippen molar-refractivity contribution in [2.24, 2.45) is 29.1 Å². The van der Waals surface area contributed by atoms with Crippen LogP contribution in [0.2, 0.25) is 0 Å². The van der Waals surface area contributed by atoms with E-state index in [2.05, 4.69) is 15.3 Å². The molecule has 1 saturated heterocycles. The number of Topliss-reactive ketones (excluding diaryl/α,β-unsaturated/α-hetero) is 1. The number of fused-ring (bicyclic) bond motifs is 7. The summed E-state index contributed by atoms with van der Waals surface area (Å²) in [6.45, 7) is 5.34. The Kier molecular flexibility index (Phi) is 9.43. The van der Waals surface area contributed by atoms with Crippen LogP contribution in [0.15, 0.2) is 18.2 Å². The van der Waals surface area contributed by atoms with Gasteiger partial charge in [-0.15, -0.1) is 0 Å². The summed E-state index contributed by atoms with van der Waals surface area (Å²) in [7, 11) is 1.51. The first-order valence-electron chi connectivity index (χ1n) is 18.6. The average molecular weight is 697 g/mol. The Bertz CT molecular complexity index is 1630. The highest BCUT2D eigenvalue weighted by molar-refractivity contribution is 5.92. The van der Waals surface area contributed by atoms with E-state index in [4.69, 9.17) is 14.2 Å². The van der Waals surface area contributed by atoms with Crippen LogP contribution >= 0.6 is 0 Å². The number of alkyl halides is 2. The third kappa shape index (κ3) is 6.51. The van der Waals surface area contributed by atoms with Gasteiger partial charge in [0.05, 0.1) is 30.7 Å². The zero-order valence-electron chi connectivity index (χ0n) is 29.6. The summed E-state index contributed by atoms with van der Waals surface area (Å²) in [6.07, 6.45) is 5.92. The highest BCUT2D eigenvalue weighted by Crippen LogP contribution is 2.58. The van der Waals surface area contributed by atoms with Crippen molar-refractivity contribution in [3.05, 3.63) is 23.9 Å². The number of ketones is 1. The third-order valence-electron chi connectivity index (χ3n) is 12.5. The minimum Gasteiger partial charge on any atom is -0.497 e. The number of methoxy groups -OCH3 is 1. The molecule has 2 aromatic rings. The van der Waals surface area contributed by atoms with Gasteiger partial charge in [0, 0.05) is 18.4 Å². The van der Waals surface area contributed by atoms with E-state index in [1.54, 1.807) is 18.2 Å². The van der Waals surface area contributed by atoms with E-state index in [0.717, 1.165) is 44.9 Å². The topological polar surface area (TPSA) is 120 Å². The summed E-state index contributed by atoms with van der Waals surface area (Å²) < 4.78 is 50.5. The summed E-state index contributed by atoms with van der Waals surface area (Å²) in [5.41, 5.74) is -0.467. The van der Waals surface area contributed by atoms with Gasteiger partial charge in [0.25, 0.3) is 5.92 Å². The summed E-state index contributed by atoms with van der Waals surface area (Å²) in [6, 6.07) is 3.10. The Hall–Kier alpha value is -3.57. The summed E-state index contributed by atoms with van der Waals surface area (Å²) in [5, 5.41) is 3.02. The van der Waals surface area contributed by atoms with Gasteiger partial charge in [-0.2, -0.15) is 8.78 Å². The number of hydrogen-bond donors (Lipinski definition) is 1. The van der Waals surface area contributed by atoms with Gasteiger partial charge < -0.3 is 24.4 Å². The number of carbonyl (C=O) groups excluding carboxylic acids is 3. The van der Waals surface area contributed by atoms with E-state index >= 15 is 8.78 Å². The fourth-order valence-corrected chi connectivity index (χ4v) is 9.68. The molecule has 3 aliphatic carbocycles. The van der Waals surface area contributed by atoms with E-state index in [1.807, 2.05) is 13.8 Å². The zero-order chi connectivity index (χ0) is 35.4. The first kappa shape index (κ1) is 34.9. The van der Waals surface area contributed by atoms with Crippen molar-refractivity contribution in [2.75, 3.05) is 13.7 Å². The molecule has 50 heavy (non-hydrogen) atoms. The Morgan fingerprint density at radius 1 is 1.00 bits per heavy atom. The summed E-state index contributed by atoms with van der Waals surface area (Å²) in [4.78, 5) is 52.4. The molecule has 1 aromatic heterocycles. The fourth-order valence-electron chi connectivity index (χ4n) is 9.68. The lowest BCUT2D eigenvalue weighted by atomic mass is 9.70. The second-order valence-electron chi connectivity index (χ2n) is 15.8. The SMILES string of the molecule is CC[C@@H]1[C@@H]2CN(C(=O)[C@H](C3(C)CCCCC3)NC(=O)O[C@@H]3CC4CC4[C@H]3CCCCC(F)(F)c3nc4ccc(OC)cc4nc3O2)[C@@H]1C(C)=O. The minimum absolute atomic E-state index is 0.0260. The Balaban J connectivity index is 1.30. The maximum Gasteiger partial charge on any atom is 0.408 e. The van der Waals surface area contributed by atoms with Crippen LogP contribution in [-0.4, -0.2) is 70.6 Å². The average Bonchev–Trinajstić information content (AvgIpc) is 3.62. The predicted molar refractivity (Wildman–Crippen MR) is 181 cm³/mol. The van der Waals surface area contributed by atoms with Crippen molar-refractivity contribution in [3.8, 4) is 11.6 Å². The number of amides is 2. The van der Waals surface area contributed by atoms with Crippen LogP contribution in [0, 0.1) is 29.1 Å². The molecule has 12 heteroatoms. The molecule has 0 radical (unpaired) electrons. The number of nitrogens with zero attached hydrogens (tertiary/aromatic N) is 3. The van der Waals surface area contributed by atoms with Crippen LogP contribution in [0.1, 0.15) is 104 Å². The molecule has 3 heterocycles. The van der Waals surface area contributed by atoms with Gasteiger partial charge in [-0.1, -0.05) is 39.5 Å². The number of carbonyl (C=O) groups is 3. The molecule has 1 aromatic carbocycles. The zero-order valence-corrected chi connectivity index (χ0v) is 29.6. The number of ether oxygens (including phenoxy) is 3. The largest absolute Gasteiger partial charge is 0.497 e. The predicted octanol–water partition coefficient (Wildman–Crippen LogP) is 6.97. The van der Waals surface area contributed by atoms with Crippen LogP contribution in [0.5, 0.6) is 11.6 Å². The lowest BCUT2D eigenvalue weighted by Gasteiger charge is -2.42. The van der Waals surface area contributed by atoms with E-state index < -0.39 is 53.7 Å². The number of aromatic nitrogens is 2. The maximum atomic E-state index is 16.3. The second kappa shape index (κ2) is 13.5. The monoisotopic (exact) mass is 696 g/mol. The molecule has 2 amide bonds.